The molecule has 196 valence electrons. The van der Waals surface area contributed by atoms with Crippen LogP contribution in [0.15, 0.2) is 34.6 Å². The van der Waals surface area contributed by atoms with Crippen molar-refractivity contribution in [3.8, 4) is 11.8 Å². The Bertz CT molecular complexity index is 796. The van der Waals surface area contributed by atoms with Gasteiger partial charge in [0.15, 0.2) is 0 Å². The molecule has 0 spiro atoms. The SMILES string of the molecule is CCCCCCC#CC1=C(CCCCCC)C(OC2(C)CCCCC2)=C/C(=C/C(=O)OCC)CC1. The number of esters is 1. The molecule has 0 aromatic rings. The zero-order valence-electron chi connectivity index (χ0n) is 23.1. The lowest BCUT2D eigenvalue weighted by molar-refractivity contribution is -0.137. The number of hydrogen-bond acceptors (Lipinski definition) is 3. The van der Waals surface area contributed by atoms with Gasteiger partial charge >= 0.3 is 5.97 Å². The second-order valence-electron chi connectivity index (χ2n) is 10.5. The Balaban J connectivity index is 2.37. The fourth-order valence-electron chi connectivity index (χ4n) is 5.05. The summed E-state index contributed by atoms with van der Waals surface area (Å²) in [4.78, 5) is 12.3. The lowest BCUT2D eigenvalue weighted by Crippen LogP contribution is -2.31. The minimum absolute atomic E-state index is 0.142. The number of allylic oxidation sites excluding steroid dienone is 4. The van der Waals surface area contributed by atoms with Gasteiger partial charge in [-0.3, -0.25) is 0 Å². The summed E-state index contributed by atoms with van der Waals surface area (Å²) in [5.41, 5.74) is 3.34. The van der Waals surface area contributed by atoms with Gasteiger partial charge in [-0.2, -0.15) is 0 Å². The first kappa shape index (κ1) is 29.3. The van der Waals surface area contributed by atoms with Crippen LogP contribution in [-0.2, 0) is 14.3 Å². The molecule has 0 amide bonds. The third-order valence-electron chi connectivity index (χ3n) is 7.17. The lowest BCUT2D eigenvalue weighted by atomic mass is 9.86. The second-order valence-corrected chi connectivity index (χ2v) is 10.5. The molecule has 0 radical (unpaired) electrons. The van der Waals surface area contributed by atoms with E-state index >= 15 is 0 Å². The van der Waals surface area contributed by atoms with Gasteiger partial charge in [-0.1, -0.05) is 70.6 Å². The van der Waals surface area contributed by atoms with Crippen LogP contribution in [0.1, 0.15) is 137 Å². The van der Waals surface area contributed by atoms with Crippen LogP contribution in [0.3, 0.4) is 0 Å². The lowest BCUT2D eigenvalue weighted by Gasteiger charge is -2.36. The van der Waals surface area contributed by atoms with Crippen LogP contribution in [0.4, 0.5) is 0 Å². The van der Waals surface area contributed by atoms with Crippen LogP contribution in [-0.4, -0.2) is 18.2 Å². The third-order valence-corrected chi connectivity index (χ3v) is 7.17. The Morgan fingerprint density at radius 2 is 1.69 bits per heavy atom. The number of carbonyl (C=O) groups is 1. The molecule has 0 saturated heterocycles. The largest absolute Gasteiger partial charge is 0.487 e. The van der Waals surface area contributed by atoms with Gasteiger partial charge in [0.1, 0.15) is 11.4 Å². The van der Waals surface area contributed by atoms with Gasteiger partial charge in [-0.05, 0) is 83.3 Å². The average molecular weight is 483 g/mol. The van der Waals surface area contributed by atoms with Crippen molar-refractivity contribution in [3.05, 3.63) is 34.6 Å². The second kappa shape index (κ2) is 16.7. The molecule has 3 nitrogen and oxygen atoms in total. The van der Waals surface area contributed by atoms with E-state index < -0.39 is 0 Å². The zero-order valence-corrected chi connectivity index (χ0v) is 23.1. The molecule has 2 rings (SSSR count). The van der Waals surface area contributed by atoms with Gasteiger partial charge in [0, 0.05) is 23.6 Å². The van der Waals surface area contributed by atoms with E-state index in [-0.39, 0.29) is 11.6 Å². The summed E-state index contributed by atoms with van der Waals surface area (Å²) in [6.07, 6.45) is 23.1. The highest BCUT2D eigenvalue weighted by molar-refractivity contribution is 5.83. The Labute approximate surface area is 215 Å². The van der Waals surface area contributed by atoms with Crippen molar-refractivity contribution in [2.75, 3.05) is 6.61 Å². The van der Waals surface area contributed by atoms with E-state index in [4.69, 9.17) is 9.47 Å². The average Bonchev–Trinajstić information content (AvgIpc) is 2.98. The molecule has 0 aromatic heterocycles. The summed E-state index contributed by atoms with van der Waals surface area (Å²) in [5.74, 6) is 7.74. The van der Waals surface area contributed by atoms with E-state index in [1.54, 1.807) is 6.08 Å². The quantitative estimate of drug-likeness (QED) is 0.114. The molecule has 2 aliphatic rings. The summed E-state index contributed by atoms with van der Waals surface area (Å²) in [5, 5.41) is 0. The standard InChI is InChI=1S/C32H50O3/c1-5-8-10-12-13-15-19-28-22-21-27(26-31(33)34-7-3)25-30(29(28)20-16-11-9-6-2)35-32(4)23-17-14-18-24-32/h25-26H,5-14,16-18,20-24H2,1-4H3/b27-26+. The Kier molecular flexibility index (Phi) is 13.9. The summed E-state index contributed by atoms with van der Waals surface area (Å²) in [7, 11) is 0. The highest BCUT2D eigenvalue weighted by Crippen LogP contribution is 2.38. The number of hydrogen-bond donors (Lipinski definition) is 0. The molecule has 3 heteroatoms. The first-order valence-corrected chi connectivity index (χ1v) is 14.5. The van der Waals surface area contributed by atoms with Crippen molar-refractivity contribution in [1.29, 1.82) is 0 Å². The molecule has 35 heavy (non-hydrogen) atoms. The van der Waals surface area contributed by atoms with Crippen molar-refractivity contribution in [2.24, 2.45) is 0 Å². The van der Waals surface area contributed by atoms with Gasteiger partial charge in [-0.15, -0.1) is 0 Å². The van der Waals surface area contributed by atoms with Crippen LogP contribution < -0.4 is 0 Å². The summed E-state index contributed by atoms with van der Waals surface area (Å²) in [6.45, 7) is 9.01. The number of unbranched alkanes of at least 4 members (excludes halogenated alkanes) is 7. The molecule has 0 aromatic carbocycles. The molecule has 1 saturated carbocycles. The topological polar surface area (TPSA) is 35.5 Å². The number of rotatable bonds is 13. The third kappa shape index (κ3) is 11.1. The summed E-state index contributed by atoms with van der Waals surface area (Å²) < 4.78 is 12.1. The first-order valence-electron chi connectivity index (χ1n) is 14.5. The van der Waals surface area contributed by atoms with E-state index in [0.29, 0.717) is 6.61 Å². The van der Waals surface area contributed by atoms with Gasteiger partial charge in [0.05, 0.1) is 6.61 Å². The maximum absolute atomic E-state index is 12.3. The van der Waals surface area contributed by atoms with Crippen molar-refractivity contribution in [2.45, 2.75) is 142 Å². The fourth-order valence-corrected chi connectivity index (χ4v) is 5.05. The fraction of sp³-hybridized carbons (Fsp3) is 0.719. The molecule has 0 unspecified atom stereocenters. The molecule has 0 aliphatic heterocycles. The van der Waals surface area contributed by atoms with Crippen LogP contribution in [0, 0.1) is 11.8 Å². The van der Waals surface area contributed by atoms with Crippen LogP contribution in [0.2, 0.25) is 0 Å². The molecular formula is C32H50O3. The maximum atomic E-state index is 12.3. The minimum Gasteiger partial charge on any atom is -0.487 e. The predicted octanol–water partition coefficient (Wildman–Crippen LogP) is 9.13. The Hall–Kier alpha value is -1.95. The van der Waals surface area contributed by atoms with Crippen molar-refractivity contribution in [1.82, 2.24) is 0 Å². The first-order chi connectivity index (χ1) is 17.0. The van der Waals surface area contributed by atoms with Gasteiger partial charge in [-0.25, -0.2) is 4.79 Å². The molecule has 1 fully saturated rings. The molecular weight excluding hydrogens is 432 g/mol. The molecule has 0 atom stereocenters. The summed E-state index contributed by atoms with van der Waals surface area (Å²) in [6, 6.07) is 0. The molecule has 0 bridgehead atoms. The Morgan fingerprint density at radius 1 is 0.971 bits per heavy atom. The van der Waals surface area contributed by atoms with E-state index in [2.05, 4.69) is 38.7 Å². The van der Waals surface area contributed by atoms with E-state index in [9.17, 15) is 4.79 Å². The predicted molar refractivity (Wildman–Crippen MR) is 147 cm³/mol. The van der Waals surface area contributed by atoms with Crippen LogP contribution in [0.5, 0.6) is 0 Å². The number of carbonyl (C=O) groups excluding carboxylic acids is 1. The van der Waals surface area contributed by atoms with Crippen LogP contribution >= 0.6 is 0 Å². The highest BCUT2D eigenvalue weighted by atomic mass is 16.5. The van der Waals surface area contributed by atoms with Crippen molar-refractivity contribution < 1.29 is 14.3 Å². The van der Waals surface area contributed by atoms with E-state index in [0.717, 1.165) is 56.3 Å². The number of ether oxygens (including phenoxy) is 2. The zero-order chi connectivity index (χ0) is 25.4. The normalized spacial score (nSPS) is 19.0. The highest BCUT2D eigenvalue weighted by Gasteiger charge is 2.31. The van der Waals surface area contributed by atoms with E-state index in [1.807, 2.05) is 6.92 Å². The molecule has 2 aliphatic carbocycles. The van der Waals surface area contributed by atoms with E-state index in [1.165, 1.54) is 75.4 Å². The Morgan fingerprint density at radius 3 is 2.37 bits per heavy atom. The van der Waals surface area contributed by atoms with Crippen LogP contribution in [0.25, 0.3) is 0 Å². The van der Waals surface area contributed by atoms with Crippen molar-refractivity contribution in [3.63, 3.8) is 0 Å². The maximum Gasteiger partial charge on any atom is 0.331 e. The van der Waals surface area contributed by atoms with Gasteiger partial charge < -0.3 is 9.47 Å². The summed E-state index contributed by atoms with van der Waals surface area (Å²) >= 11 is 0. The smallest absolute Gasteiger partial charge is 0.331 e. The minimum atomic E-state index is -0.267. The van der Waals surface area contributed by atoms with Crippen molar-refractivity contribution >= 4 is 5.97 Å². The van der Waals surface area contributed by atoms with Gasteiger partial charge in [0.2, 0.25) is 0 Å². The van der Waals surface area contributed by atoms with Gasteiger partial charge in [0.25, 0.3) is 0 Å². The molecule has 0 heterocycles. The molecule has 0 N–H and O–H groups in total. The monoisotopic (exact) mass is 482 g/mol.